The van der Waals surface area contributed by atoms with Crippen molar-refractivity contribution in [2.45, 2.75) is 0 Å². The van der Waals surface area contributed by atoms with Gasteiger partial charge in [-0.1, -0.05) is 6.58 Å². The van der Waals surface area contributed by atoms with Gasteiger partial charge in [0.05, 0.1) is 0 Å². The molecule has 0 aromatic rings. The molecule has 62 valence electrons. The summed E-state index contributed by atoms with van der Waals surface area (Å²) in [6, 6.07) is 0. The maximum absolute atomic E-state index is 12.2. The van der Waals surface area contributed by atoms with Crippen LogP contribution in [0.25, 0.3) is 0 Å². The van der Waals surface area contributed by atoms with E-state index in [1.165, 1.54) is 0 Å². The van der Waals surface area contributed by atoms with Crippen molar-refractivity contribution in [3.63, 3.8) is 0 Å². The van der Waals surface area contributed by atoms with E-state index in [9.17, 15) is 13.2 Å². The van der Waals surface area contributed by atoms with E-state index in [-0.39, 0.29) is 5.70 Å². The minimum atomic E-state index is -1.20. The molecule has 0 bridgehead atoms. The minimum Gasteiger partial charge on any atom is -0.400 e. The van der Waals surface area contributed by atoms with Gasteiger partial charge in [0.15, 0.2) is 11.7 Å². The monoisotopic (exact) mass is 163 g/mol. The second kappa shape index (κ2) is 4.60. The Bertz CT molecular complexity index is 206. The molecule has 0 unspecified atom stereocenters. The van der Waals surface area contributed by atoms with Crippen molar-refractivity contribution in [1.29, 1.82) is 0 Å². The molecule has 0 aromatic heterocycles. The van der Waals surface area contributed by atoms with Crippen molar-refractivity contribution < 1.29 is 13.2 Å². The van der Waals surface area contributed by atoms with Crippen LogP contribution < -0.4 is 5.73 Å². The molecule has 0 radical (unpaired) electrons. The van der Waals surface area contributed by atoms with Crippen LogP contribution in [0.1, 0.15) is 0 Å². The lowest BCUT2D eigenvalue weighted by molar-refractivity contribution is 0.538. The number of hydrogen-bond donors (Lipinski definition) is 1. The normalized spacial score (nSPS) is 13.4. The third-order valence-corrected chi connectivity index (χ3v) is 0.857. The second-order valence-electron chi connectivity index (χ2n) is 1.79. The Morgan fingerprint density at radius 2 is 1.91 bits per heavy atom. The molecule has 4 heteroatoms. The summed E-state index contributed by atoms with van der Waals surface area (Å²) >= 11 is 0. The van der Waals surface area contributed by atoms with Crippen LogP contribution in [0.3, 0.4) is 0 Å². The molecule has 0 saturated carbocycles. The quantitative estimate of drug-likeness (QED) is 0.633. The molecule has 0 heterocycles. The van der Waals surface area contributed by atoms with Crippen LogP contribution in [-0.4, -0.2) is 6.67 Å². The number of allylic oxidation sites excluding steroid dienone is 5. The minimum absolute atomic E-state index is 0.165. The average molecular weight is 163 g/mol. The van der Waals surface area contributed by atoms with E-state index in [0.29, 0.717) is 0 Å². The Morgan fingerprint density at radius 1 is 1.36 bits per heavy atom. The molecule has 0 aromatic carbocycles. The van der Waals surface area contributed by atoms with Gasteiger partial charge in [0, 0.05) is 5.70 Å². The number of alkyl halides is 1. The van der Waals surface area contributed by atoms with Crippen LogP contribution >= 0.6 is 0 Å². The highest BCUT2D eigenvalue weighted by atomic mass is 19.2. The Balaban J connectivity index is 4.22. The summed E-state index contributed by atoms with van der Waals surface area (Å²) in [7, 11) is 0. The van der Waals surface area contributed by atoms with Crippen molar-refractivity contribution in [3.8, 4) is 0 Å². The number of nitrogens with two attached hydrogens (primary N) is 1. The Hall–Kier alpha value is -1.19. The van der Waals surface area contributed by atoms with Crippen molar-refractivity contribution in [2.24, 2.45) is 5.73 Å². The van der Waals surface area contributed by atoms with Gasteiger partial charge in [-0.2, -0.15) is 0 Å². The van der Waals surface area contributed by atoms with Crippen LogP contribution in [0.4, 0.5) is 13.2 Å². The summed E-state index contributed by atoms with van der Waals surface area (Å²) < 4.78 is 35.6. The van der Waals surface area contributed by atoms with Crippen LogP contribution in [0.5, 0.6) is 0 Å². The van der Waals surface area contributed by atoms with E-state index in [4.69, 9.17) is 5.73 Å². The molecular weight excluding hydrogens is 155 g/mol. The third-order valence-electron chi connectivity index (χ3n) is 0.857. The zero-order valence-electron chi connectivity index (χ0n) is 5.78. The Labute approximate surface area is 62.7 Å². The maximum Gasteiger partial charge on any atom is 0.158 e. The highest BCUT2D eigenvalue weighted by Gasteiger charge is 1.96. The van der Waals surface area contributed by atoms with Gasteiger partial charge in [0.2, 0.25) is 0 Å². The second-order valence-corrected chi connectivity index (χ2v) is 1.79. The summed E-state index contributed by atoms with van der Waals surface area (Å²) in [5.41, 5.74) is 4.78. The summed E-state index contributed by atoms with van der Waals surface area (Å²) in [6.07, 6.45) is 1.66. The van der Waals surface area contributed by atoms with Gasteiger partial charge in [-0.3, -0.25) is 0 Å². The van der Waals surface area contributed by atoms with Crippen LogP contribution in [-0.2, 0) is 0 Å². The smallest absolute Gasteiger partial charge is 0.158 e. The molecule has 0 rings (SSSR count). The SMILES string of the molecule is C=C(F)/C(F)=C\C=C(\N)CF. The fourth-order valence-electron chi connectivity index (χ4n) is 0.315. The molecule has 0 aliphatic rings. The number of rotatable bonds is 3. The van der Waals surface area contributed by atoms with Crippen molar-refractivity contribution >= 4 is 0 Å². The molecule has 2 N–H and O–H groups in total. The van der Waals surface area contributed by atoms with E-state index < -0.39 is 18.3 Å². The van der Waals surface area contributed by atoms with E-state index >= 15 is 0 Å². The maximum atomic E-state index is 12.2. The number of halogens is 3. The first-order valence-electron chi connectivity index (χ1n) is 2.80. The molecule has 0 aliphatic heterocycles. The molecule has 11 heavy (non-hydrogen) atoms. The van der Waals surface area contributed by atoms with Crippen LogP contribution in [0.2, 0.25) is 0 Å². The molecule has 0 fully saturated rings. The zero-order chi connectivity index (χ0) is 8.85. The first-order valence-corrected chi connectivity index (χ1v) is 2.80. The predicted octanol–water partition coefficient (Wildman–Crippen LogP) is 2.14. The first-order chi connectivity index (χ1) is 5.07. The molecule has 0 spiro atoms. The summed E-state index contributed by atoms with van der Waals surface area (Å²) in [4.78, 5) is 0. The van der Waals surface area contributed by atoms with Gasteiger partial charge >= 0.3 is 0 Å². The van der Waals surface area contributed by atoms with E-state index in [0.717, 1.165) is 12.2 Å². The van der Waals surface area contributed by atoms with Gasteiger partial charge in [-0.05, 0) is 12.2 Å². The summed E-state index contributed by atoms with van der Waals surface area (Å²) in [5, 5.41) is 0. The molecule has 0 aliphatic carbocycles. The van der Waals surface area contributed by atoms with Gasteiger partial charge < -0.3 is 5.73 Å². The highest BCUT2D eigenvalue weighted by molar-refractivity contribution is 5.22. The highest BCUT2D eigenvalue weighted by Crippen LogP contribution is 2.09. The topological polar surface area (TPSA) is 26.0 Å². The lowest BCUT2D eigenvalue weighted by Crippen LogP contribution is -1.97. The van der Waals surface area contributed by atoms with Gasteiger partial charge in [-0.25, -0.2) is 13.2 Å². The third kappa shape index (κ3) is 4.25. The van der Waals surface area contributed by atoms with E-state index in [2.05, 4.69) is 6.58 Å². The fraction of sp³-hybridized carbons (Fsp3) is 0.143. The van der Waals surface area contributed by atoms with Crippen molar-refractivity contribution in [3.05, 3.63) is 36.1 Å². The van der Waals surface area contributed by atoms with Gasteiger partial charge in [0.25, 0.3) is 0 Å². The van der Waals surface area contributed by atoms with Gasteiger partial charge in [0.1, 0.15) is 6.67 Å². The van der Waals surface area contributed by atoms with Crippen molar-refractivity contribution in [2.75, 3.05) is 6.67 Å². The molecule has 0 amide bonds. The van der Waals surface area contributed by atoms with Crippen LogP contribution in [0.15, 0.2) is 36.1 Å². The lowest BCUT2D eigenvalue weighted by Gasteiger charge is -1.89. The predicted molar refractivity (Wildman–Crippen MR) is 37.7 cm³/mol. The zero-order valence-corrected chi connectivity index (χ0v) is 5.78. The Kier molecular flexibility index (Phi) is 4.10. The molecule has 0 saturated heterocycles. The number of hydrogen-bond acceptors (Lipinski definition) is 1. The van der Waals surface area contributed by atoms with E-state index in [1.54, 1.807) is 0 Å². The average Bonchev–Trinajstić information content (AvgIpc) is 1.99. The standard InChI is InChI=1S/C7H8F3N/c1-5(9)7(10)3-2-6(11)4-8/h2-3H,1,4,11H2/b6-2+,7-3+. The van der Waals surface area contributed by atoms with E-state index in [1.807, 2.05) is 0 Å². The summed E-state index contributed by atoms with van der Waals surface area (Å²) in [6.45, 7) is 1.80. The largest absolute Gasteiger partial charge is 0.400 e. The van der Waals surface area contributed by atoms with Crippen LogP contribution in [0, 0.1) is 0 Å². The molecular formula is C7H8F3N. The fourth-order valence-corrected chi connectivity index (χ4v) is 0.315. The Morgan fingerprint density at radius 3 is 2.27 bits per heavy atom. The lowest BCUT2D eigenvalue weighted by atomic mass is 10.3. The molecule has 0 atom stereocenters. The van der Waals surface area contributed by atoms with Crippen molar-refractivity contribution in [1.82, 2.24) is 0 Å². The first kappa shape index (κ1) is 9.81. The van der Waals surface area contributed by atoms with Gasteiger partial charge in [-0.15, -0.1) is 0 Å². The molecule has 1 nitrogen and oxygen atoms in total. The summed E-state index contributed by atoms with van der Waals surface area (Å²) in [5.74, 6) is -2.35.